The number of nitro benzene ring substituents is 1. The Kier molecular flexibility index (Phi) is 5.72. The summed E-state index contributed by atoms with van der Waals surface area (Å²) < 4.78 is 18.7. The molecule has 3 rings (SSSR count). The maximum atomic E-state index is 13.3. The monoisotopic (exact) mass is 392 g/mol. The van der Waals surface area contributed by atoms with E-state index < -0.39 is 16.2 Å². The van der Waals surface area contributed by atoms with Gasteiger partial charge in [0.15, 0.2) is 0 Å². The number of hydrogen-bond donors (Lipinski definition) is 1. The van der Waals surface area contributed by atoms with Crippen LogP contribution in [0.15, 0.2) is 42.5 Å². The van der Waals surface area contributed by atoms with Gasteiger partial charge in [-0.3, -0.25) is 14.9 Å². The Hall–Kier alpha value is -2.51. The molecule has 27 heavy (non-hydrogen) atoms. The van der Waals surface area contributed by atoms with Crippen molar-refractivity contribution in [2.75, 3.05) is 19.8 Å². The lowest BCUT2D eigenvalue weighted by atomic mass is 9.74. The van der Waals surface area contributed by atoms with Gasteiger partial charge in [-0.05, 0) is 36.6 Å². The molecule has 0 saturated carbocycles. The largest absolute Gasteiger partial charge is 0.381 e. The first kappa shape index (κ1) is 19.3. The van der Waals surface area contributed by atoms with Crippen molar-refractivity contribution in [1.29, 1.82) is 0 Å². The number of halogens is 2. The van der Waals surface area contributed by atoms with Crippen LogP contribution in [0.25, 0.3) is 0 Å². The van der Waals surface area contributed by atoms with E-state index in [-0.39, 0.29) is 22.1 Å². The summed E-state index contributed by atoms with van der Waals surface area (Å²) >= 11 is 6.04. The Balaban J connectivity index is 1.82. The zero-order valence-electron chi connectivity index (χ0n) is 14.4. The van der Waals surface area contributed by atoms with Gasteiger partial charge in [0.2, 0.25) is 0 Å². The van der Waals surface area contributed by atoms with Crippen molar-refractivity contribution < 1.29 is 18.8 Å². The second kappa shape index (κ2) is 8.02. The van der Waals surface area contributed by atoms with E-state index in [9.17, 15) is 19.3 Å². The number of non-ortho nitro benzene ring substituents is 1. The van der Waals surface area contributed by atoms with Gasteiger partial charge >= 0.3 is 0 Å². The smallest absolute Gasteiger partial charge is 0.270 e. The zero-order chi connectivity index (χ0) is 19.4. The van der Waals surface area contributed by atoms with Crippen LogP contribution in [0.5, 0.6) is 0 Å². The number of benzene rings is 2. The van der Waals surface area contributed by atoms with Crippen LogP contribution in [0.4, 0.5) is 10.1 Å². The lowest BCUT2D eigenvalue weighted by Crippen LogP contribution is -2.44. The van der Waals surface area contributed by atoms with Crippen LogP contribution in [0.1, 0.15) is 28.8 Å². The fourth-order valence-corrected chi connectivity index (χ4v) is 3.48. The summed E-state index contributed by atoms with van der Waals surface area (Å²) in [5, 5.41) is 13.9. The van der Waals surface area contributed by atoms with Gasteiger partial charge in [-0.15, -0.1) is 0 Å². The maximum absolute atomic E-state index is 13.3. The first-order chi connectivity index (χ1) is 12.9. The molecule has 1 saturated heterocycles. The fourth-order valence-electron chi connectivity index (χ4n) is 3.28. The topological polar surface area (TPSA) is 81.5 Å². The molecule has 142 valence electrons. The summed E-state index contributed by atoms with van der Waals surface area (Å²) in [5.74, 6) is -0.815. The van der Waals surface area contributed by atoms with E-state index in [0.717, 1.165) is 11.6 Å². The lowest BCUT2D eigenvalue weighted by Gasteiger charge is -2.38. The first-order valence-corrected chi connectivity index (χ1v) is 8.85. The number of hydrogen-bond acceptors (Lipinski definition) is 4. The summed E-state index contributed by atoms with van der Waals surface area (Å²) in [7, 11) is 0. The SMILES string of the molecule is O=C(NCC1(c2ccc(F)cc2)CCOCC1)c1cc([N+](=O)[O-])ccc1Cl. The minimum absolute atomic E-state index is 0.0483. The molecule has 0 spiro atoms. The molecule has 0 aliphatic carbocycles. The van der Waals surface area contributed by atoms with E-state index in [0.29, 0.717) is 32.6 Å². The Morgan fingerprint density at radius 3 is 2.52 bits per heavy atom. The van der Waals surface area contributed by atoms with E-state index in [4.69, 9.17) is 16.3 Å². The quantitative estimate of drug-likeness (QED) is 0.618. The Bertz CT molecular complexity index is 851. The summed E-state index contributed by atoms with van der Waals surface area (Å²) in [6.07, 6.45) is 1.34. The van der Waals surface area contributed by atoms with Gasteiger partial charge in [0, 0.05) is 37.3 Å². The summed E-state index contributed by atoms with van der Waals surface area (Å²) in [5.41, 5.74) is 0.364. The Labute approximate surface area is 160 Å². The molecule has 2 aromatic carbocycles. The minimum atomic E-state index is -0.578. The van der Waals surface area contributed by atoms with Gasteiger partial charge in [0.25, 0.3) is 11.6 Å². The van der Waals surface area contributed by atoms with Gasteiger partial charge in [-0.2, -0.15) is 0 Å². The number of ether oxygens (including phenoxy) is 1. The lowest BCUT2D eigenvalue weighted by molar-refractivity contribution is -0.384. The van der Waals surface area contributed by atoms with Crippen LogP contribution in [-0.4, -0.2) is 30.6 Å². The summed E-state index contributed by atoms with van der Waals surface area (Å²) in [6.45, 7) is 1.36. The van der Waals surface area contributed by atoms with Crippen LogP contribution in [-0.2, 0) is 10.2 Å². The van der Waals surface area contributed by atoms with Gasteiger partial charge < -0.3 is 10.1 Å². The Morgan fingerprint density at radius 2 is 1.89 bits per heavy atom. The van der Waals surface area contributed by atoms with E-state index in [1.54, 1.807) is 12.1 Å². The predicted molar refractivity (Wildman–Crippen MR) is 98.6 cm³/mol. The molecule has 0 bridgehead atoms. The molecule has 0 unspecified atom stereocenters. The van der Waals surface area contributed by atoms with Crippen LogP contribution < -0.4 is 5.32 Å². The highest BCUT2D eigenvalue weighted by molar-refractivity contribution is 6.33. The number of nitro groups is 1. The van der Waals surface area contributed by atoms with Gasteiger partial charge in [0.1, 0.15) is 5.82 Å². The molecular formula is C19H18ClFN2O4. The van der Waals surface area contributed by atoms with Crippen molar-refractivity contribution in [3.63, 3.8) is 0 Å². The number of carbonyl (C=O) groups is 1. The molecule has 1 heterocycles. The van der Waals surface area contributed by atoms with Crippen LogP contribution in [0.2, 0.25) is 5.02 Å². The number of nitrogens with one attached hydrogen (secondary N) is 1. The fraction of sp³-hybridized carbons (Fsp3) is 0.316. The molecule has 1 aliphatic rings. The number of amides is 1. The number of nitrogens with zero attached hydrogens (tertiary/aromatic N) is 1. The zero-order valence-corrected chi connectivity index (χ0v) is 15.2. The van der Waals surface area contributed by atoms with Crippen molar-refractivity contribution in [2.45, 2.75) is 18.3 Å². The molecule has 0 atom stereocenters. The molecule has 2 aromatic rings. The van der Waals surface area contributed by atoms with E-state index in [1.807, 2.05) is 0 Å². The number of carbonyl (C=O) groups excluding carboxylic acids is 1. The van der Waals surface area contributed by atoms with Crippen molar-refractivity contribution in [1.82, 2.24) is 5.32 Å². The van der Waals surface area contributed by atoms with Gasteiger partial charge in [-0.1, -0.05) is 23.7 Å². The molecular weight excluding hydrogens is 375 g/mol. The van der Waals surface area contributed by atoms with Crippen LogP contribution in [0.3, 0.4) is 0 Å². The van der Waals surface area contributed by atoms with E-state index >= 15 is 0 Å². The van der Waals surface area contributed by atoms with Crippen molar-refractivity contribution in [3.05, 3.63) is 74.5 Å². The molecule has 1 N–H and O–H groups in total. The standard InChI is InChI=1S/C19H18ClFN2O4/c20-17-6-5-15(23(25)26)11-16(17)18(24)22-12-19(7-9-27-10-8-19)13-1-3-14(21)4-2-13/h1-6,11H,7-10,12H2,(H,22,24). The minimum Gasteiger partial charge on any atom is -0.381 e. The highest BCUT2D eigenvalue weighted by Crippen LogP contribution is 2.34. The average Bonchev–Trinajstić information content (AvgIpc) is 2.67. The molecule has 0 radical (unpaired) electrons. The van der Waals surface area contributed by atoms with Gasteiger partial charge in [-0.25, -0.2) is 4.39 Å². The van der Waals surface area contributed by atoms with E-state index in [1.165, 1.54) is 24.3 Å². The second-order valence-corrected chi connectivity index (χ2v) is 6.91. The maximum Gasteiger partial charge on any atom is 0.270 e. The third-order valence-corrected chi connectivity index (χ3v) is 5.23. The molecule has 1 fully saturated rings. The average molecular weight is 393 g/mol. The van der Waals surface area contributed by atoms with Crippen LogP contribution >= 0.6 is 11.6 Å². The molecule has 1 aliphatic heterocycles. The first-order valence-electron chi connectivity index (χ1n) is 8.47. The molecule has 1 amide bonds. The summed E-state index contributed by atoms with van der Waals surface area (Å²) in [4.78, 5) is 23.0. The molecule has 0 aromatic heterocycles. The van der Waals surface area contributed by atoms with Crippen molar-refractivity contribution in [2.24, 2.45) is 0 Å². The predicted octanol–water partition coefficient (Wildman–Crippen LogP) is 3.87. The number of rotatable bonds is 5. The third-order valence-electron chi connectivity index (χ3n) is 4.90. The molecule has 8 heteroatoms. The van der Waals surface area contributed by atoms with Crippen LogP contribution in [0, 0.1) is 15.9 Å². The summed E-state index contributed by atoms with van der Waals surface area (Å²) in [6, 6.07) is 9.96. The van der Waals surface area contributed by atoms with Gasteiger partial charge in [0.05, 0.1) is 15.5 Å². The third kappa shape index (κ3) is 4.26. The van der Waals surface area contributed by atoms with E-state index in [2.05, 4.69) is 5.32 Å². The van der Waals surface area contributed by atoms with Crippen molar-refractivity contribution in [3.8, 4) is 0 Å². The highest BCUT2D eigenvalue weighted by Gasteiger charge is 2.35. The van der Waals surface area contributed by atoms with Crippen molar-refractivity contribution >= 4 is 23.2 Å². The normalized spacial score (nSPS) is 15.9. The molecule has 6 nitrogen and oxygen atoms in total. The second-order valence-electron chi connectivity index (χ2n) is 6.50. The highest BCUT2D eigenvalue weighted by atomic mass is 35.5. The Morgan fingerprint density at radius 1 is 1.22 bits per heavy atom.